The van der Waals surface area contributed by atoms with Crippen LogP contribution in [0.25, 0.3) is 11.1 Å². The highest BCUT2D eigenvalue weighted by atomic mass is 32.1. The van der Waals surface area contributed by atoms with Gasteiger partial charge in [-0.15, -0.1) is 16.4 Å². The molecule has 2 aromatic heterocycles. The molecule has 236 valence electrons. The van der Waals surface area contributed by atoms with E-state index in [4.69, 9.17) is 11.1 Å². The van der Waals surface area contributed by atoms with Crippen molar-refractivity contribution in [1.82, 2.24) is 30.5 Å². The molecule has 2 fully saturated rings. The Bertz CT molecular complexity index is 1890. The summed E-state index contributed by atoms with van der Waals surface area (Å²) >= 11 is 1.38. The fraction of sp³-hybridized carbons (Fsp3) is 0.312. The number of likely N-dealkylation sites (tertiary alicyclic amines) is 1. The van der Waals surface area contributed by atoms with Gasteiger partial charge in [-0.25, -0.2) is 0 Å². The number of benzene rings is 2. The van der Waals surface area contributed by atoms with Gasteiger partial charge in [-0.1, -0.05) is 35.5 Å². The topological polar surface area (TPSA) is 159 Å². The molecular formula is C32H30F2N8O3S. The molecule has 14 heteroatoms. The molecule has 1 unspecified atom stereocenters. The summed E-state index contributed by atoms with van der Waals surface area (Å²) in [4.78, 5) is 42.9. The number of nitrogens with zero attached hydrogens (tertiary/aromatic N) is 4. The van der Waals surface area contributed by atoms with Crippen LogP contribution in [0.2, 0.25) is 0 Å². The van der Waals surface area contributed by atoms with E-state index in [1.165, 1.54) is 35.6 Å². The molecular weight excluding hydrogens is 614 g/mol. The summed E-state index contributed by atoms with van der Waals surface area (Å²) in [5.74, 6) is -4.55. The van der Waals surface area contributed by atoms with Gasteiger partial charge in [0.15, 0.2) is 0 Å². The second kappa shape index (κ2) is 10.8. The van der Waals surface area contributed by atoms with E-state index >= 15 is 0 Å². The van der Waals surface area contributed by atoms with Crippen molar-refractivity contribution in [1.29, 1.82) is 5.41 Å². The lowest BCUT2D eigenvalue weighted by Crippen LogP contribution is -2.51. The summed E-state index contributed by atoms with van der Waals surface area (Å²) in [5, 5.41) is 23.0. The third kappa shape index (κ3) is 4.92. The maximum atomic E-state index is 15.0. The average Bonchev–Trinajstić information content (AvgIpc) is 3.54. The minimum atomic E-state index is -3.16. The van der Waals surface area contributed by atoms with E-state index in [0.717, 1.165) is 4.88 Å². The number of hydrogen-bond acceptors (Lipinski definition) is 7. The zero-order valence-electron chi connectivity index (χ0n) is 24.7. The lowest BCUT2D eigenvalue weighted by atomic mass is 9.99. The number of nitrogen functional groups attached to an aromatic ring is 1. The van der Waals surface area contributed by atoms with E-state index in [0.29, 0.717) is 30.5 Å². The Labute approximate surface area is 266 Å². The van der Waals surface area contributed by atoms with E-state index in [9.17, 15) is 23.2 Å². The number of rotatable bonds is 9. The second-order valence-electron chi connectivity index (χ2n) is 12.1. The first-order valence-electron chi connectivity index (χ1n) is 14.8. The van der Waals surface area contributed by atoms with Crippen LogP contribution >= 0.6 is 11.3 Å². The highest BCUT2D eigenvalue weighted by molar-refractivity contribution is 7.10. The molecule has 11 nitrogen and oxygen atoms in total. The Hall–Kier alpha value is -4.98. The van der Waals surface area contributed by atoms with Crippen LogP contribution in [-0.4, -0.2) is 62.1 Å². The number of thiophene rings is 1. The number of piperidine rings is 1. The Morgan fingerprint density at radius 1 is 1.11 bits per heavy atom. The minimum Gasteiger partial charge on any atom is -0.384 e. The number of amides is 3. The first-order chi connectivity index (χ1) is 22.0. The molecule has 3 amide bonds. The number of amidine groups is 1. The molecule has 0 spiro atoms. The third-order valence-electron chi connectivity index (χ3n) is 9.25. The highest BCUT2D eigenvalue weighted by Crippen LogP contribution is 2.60. The standard InChI is InChI=1S/C32H30F2N8O3S/c1-17(25-11-19(15-46-25)28(35)36)39-30(45)24-12-31(16-41-9-8-38-40-41)13-26(31)42(24)27(43)14-37-29(44)18-6-7-23-21(10-18)20-4-2-3-5-22(20)32(23,33)34/h2-11,15,17,24,26H,12-14,16H2,1H3,(H3,35,36)(H,37,44)(H,39,45)/t17?,24-,26-,31+/m0/s1. The van der Waals surface area contributed by atoms with Gasteiger partial charge in [0, 0.05) is 50.2 Å². The van der Waals surface area contributed by atoms with Gasteiger partial charge in [0.1, 0.15) is 11.9 Å². The molecule has 3 heterocycles. The van der Waals surface area contributed by atoms with Crippen LogP contribution in [0.5, 0.6) is 0 Å². The predicted molar refractivity (Wildman–Crippen MR) is 165 cm³/mol. The van der Waals surface area contributed by atoms with Gasteiger partial charge in [0.05, 0.1) is 25.3 Å². The molecule has 4 atom stereocenters. The predicted octanol–water partition coefficient (Wildman–Crippen LogP) is 3.41. The van der Waals surface area contributed by atoms with Crippen molar-refractivity contribution in [3.8, 4) is 11.1 Å². The summed E-state index contributed by atoms with van der Waals surface area (Å²) in [7, 11) is 0. The molecule has 4 aromatic rings. The molecule has 2 aromatic carbocycles. The van der Waals surface area contributed by atoms with Gasteiger partial charge in [-0.05, 0) is 49.1 Å². The number of halogens is 2. The van der Waals surface area contributed by atoms with Crippen molar-refractivity contribution in [3.05, 3.63) is 93.4 Å². The van der Waals surface area contributed by atoms with E-state index < -0.39 is 23.8 Å². The molecule has 1 aliphatic heterocycles. The summed E-state index contributed by atoms with van der Waals surface area (Å²) in [6.45, 7) is 1.94. The quantitative estimate of drug-likeness (QED) is 0.162. The molecule has 3 aliphatic rings. The van der Waals surface area contributed by atoms with Crippen LogP contribution in [0.1, 0.15) is 57.7 Å². The molecule has 46 heavy (non-hydrogen) atoms. The van der Waals surface area contributed by atoms with Gasteiger partial charge in [0.25, 0.3) is 11.8 Å². The highest BCUT2D eigenvalue weighted by Gasteiger charge is 2.67. The first-order valence-corrected chi connectivity index (χ1v) is 15.7. The summed E-state index contributed by atoms with van der Waals surface area (Å²) < 4.78 is 31.7. The lowest BCUT2D eigenvalue weighted by molar-refractivity contribution is -0.139. The van der Waals surface area contributed by atoms with Crippen LogP contribution in [-0.2, 0) is 22.1 Å². The molecule has 1 saturated heterocycles. The summed E-state index contributed by atoms with van der Waals surface area (Å²) in [5.41, 5.74) is 6.33. The van der Waals surface area contributed by atoms with Crippen molar-refractivity contribution >= 4 is 34.9 Å². The van der Waals surface area contributed by atoms with Crippen molar-refractivity contribution in [3.63, 3.8) is 0 Å². The van der Waals surface area contributed by atoms with Crippen molar-refractivity contribution < 1.29 is 23.2 Å². The third-order valence-corrected chi connectivity index (χ3v) is 10.4. The fourth-order valence-electron chi connectivity index (χ4n) is 6.85. The van der Waals surface area contributed by atoms with Gasteiger partial charge in [-0.3, -0.25) is 24.5 Å². The number of alkyl halides is 2. The van der Waals surface area contributed by atoms with Crippen molar-refractivity contribution in [2.45, 2.75) is 50.4 Å². The molecule has 0 bridgehead atoms. The zero-order chi connectivity index (χ0) is 32.4. The zero-order valence-corrected chi connectivity index (χ0v) is 25.5. The van der Waals surface area contributed by atoms with Crippen LogP contribution in [0.4, 0.5) is 8.78 Å². The Balaban J connectivity index is 1.07. The monoisotopic (exact) mass is 644 g/mol. The van der Waals surface area contributed by atoms with Gasteiger partial charge in [0.2, 0.25) is 11.8 Å². The summed E-state index contributed by atoms with van der Waals surface area (Å²) in [6.07, 6.45) is 4.40. The molecule has 5 N–H and O–H groups in total. The second-order valence-corrected chi connectivity index (χ2v) is 13.1. The number of nitrogens with one attached hydrogen (secondary N) is 3. The maximum absolute atomic E-state index is 15.0. The number of aromatic nitrogens is 3. The van der Waals surface area contributed by atoms with Gasteiger partial charge in [-0.2, -0.15) is 8.78 Å². The lowest BCUT2D eigenvalue weighted by Gasteiger charge is -2.28. The SMILES string of the molecule is CC(NC(=O)[C@@H]1C[C@]2(Cn3ccnn3)C[C@@H]2N1C(=O)CNC(=O)c1ccc2c(c1)-c1ccccc1C2(F)F)c1cc(C(=N)N)cs1. The van der Waals surface area contributed by atoms with E-state index in [-0.39, 0.29) is 58.0 Å². The van der Waals surface area contributed by atoms with E-state index in [2.05, 4.69) is 20.9 Å². The number of hydrogen-bond donors (Lipinski definition) is 4. The maximum Gasteiger partial charge on any atom is 0.299 e. The number of nitrogens with two attached hydrogens (primary N) is 1. The molecule has 2 aliphatic carbocycles. The Kier molecular flexibility index (Phi) is 6.99. The van der Waals surface area contributed by atoms with Crippen LogP contribution in [0.15, 0.2) is 66.3 Å². The summed E-state index contributed by atoms with van der Waals surface area (Å²) in [6, 6.07) is 10.6. The number of fused-ring (bicyclic) bond motifs is 4. The van der Waals surface area contributed by atoms with E-state index in [1.807, 2.05) is 6.92 Å². The van der Waals surface area contributed by atoms with Crippen molar-refractivity contribution in [2.24, 2.45) is 11.1 Å². The largest absolute Gasteiger partial charge is 0.384 e. The van der Waals surface area contributed by atoms with Crippen LogP contribution < -0.4 is 16.4 Å². The fourth-order valence-corrected chi connectivity index (χ4v) is 7.77. The molecule has 7 rings (SSSR count). The molecule has 0 radical (unpaired) electrons. The number of carbonyl (C=O) groups is 3. The van der Waals surface area contributed by atoms with Crippen molar-refractivity contribution in [2.75, 3.05) is 6.54 Å². The Morgan fingerprint density at radius 2 is 1.89 bits per heavy atom. The molecule has 1 saturated carbocycles. The number of carbonyl (C=O) groups excluding carboxylic acids is 3. The van der Waals surface area contributed by atoms with Gasteiger partial charge < -0.3 is 21.3 Å². The average molecular weight is 645 g/mol. The van der Waals surface area contributed by atoms with Crippen LogP contribution in [0.3, 0.4) is 0 Å². The van der Waals surface area contributed by atoms with Gasteiger partial charge >= 0.3 is 0 Å². The van der Waals surface area contributed by atoms with E-state index in [1.54, 1.807) is 51.6 Å². The normalized spacial score (nSPS) is 22.4. The smallest absolute Gasteiger partial charge is 0.299 e. The Morgan fingerprint density at radius 3 is 2.63 bits per heavy atom. The first kappa shape index (κ1) is 29.7. The minimum absolute atomic E-state index is 0.0616. The van der Waals surface area contributed by atoms with Crippen LogP contribution in [0, 0.1) is 10.8 Å².